The fourth-order valence-electron chi connectivity index (χ4n) is 5.63. The molecule has 0 heterocycles. The van der Waals surface area contributed by atoms with Crippen LogP contribution in [0.2, 0.25) is 16.3 Å². The van der Waals surface area contributed by atoms with Crippen molar-refractivity contribution in [3.63, 3.8) is 0 Å². The molecule has 6 atom stereocenters. The first-order valence-electron chi connectivity index (χ1n) is 8.45. The van der Waals surface area contributed by atoms with Gasteiger partial charge in [0.05, 0.1) is 39.2 Å². The summed E-state index contributed by atoms with van der Waals surface area (Å²) in [5.74, 6) is 0.792. The normalized spacial score (nSPS) is 44.1. The lowest BCUT2D eigenvalue weighted by Crippen LogP contribution is -2.45. The Morgan fingerprint density at radius 3 is 2.57 bits per heavy atom. The van der Waals surface area contributed by atoms with Crippen LogP contribution in [0, 0.1) is 11.8 Å². The molecule has 3 aliphatic carbocycles. The Morgan fingerprint density at radius 1 is 1.09 bits per heavy atom. The third-order valence-electron chi connectivity index (χ3n) is 6.77. The molecule has 6 unspecified atom stereocenters. The second-order valence-electron chi connectivity index (χ2n) is 7.94. The van der Waals surface area contributed by atoms with Gasteiger partial charge in [-0.1, -0.05) is 48.7 Å². The molecule has 1 aromatic carbocycles. The van der Waals surface area contributed by atoms with Crippen LogP contribution in [-0.4, -0.2) is 44.3 Å². The van der Waals surface area contributed by atoms with E-state index in [2.05, 4.69) is 0 Å². The summed E-state index contributed by atoms with van der Waals surface area (Å²) in [4.78, 5) is 0. The lowest BCUT2D eigenvalue weighted by Gasteiger charge is -2.58. The van der Waals surface area contributed by atoms with Crippen molar-refractivity contribution in [2.75, 3.05) is 0 Å². The Bertz CT molecular complexity index is 648. The van der Waals surface area contributed by atoms with Crippen molar-refractivity contribution in [1.82, 2.24) is 0 Å². The summed E-state index contributed by atoms with van der Waals surface area (Å²) >= 11 is 0. The third kappa shape index (κ3) is 2.06. The average Bonchev–Trinajstić information content (AvgIpc) is 2.69. The summed E-state index contributed by atoms with van der Waals surface area (Å²) in [6, 6.07) is 5.46. The van der Waals surface area contributed by atoms with Gasteiger partial charge in [0.1, 0.15) is 5.75 Å². The van der Waals surface area contributed by atoms with Crippen molar-refractivity contribution >= 4 is 39.2 Å². The third-order valence-corrected chi connectivity index (χ3v) is 6.77. The van der Waals surface area contributed by atoms with E-state index in [1.54, 1.807) is 12.1 Å². The fraction of sp³-hybridized carbons (Fsp3) is 0.647. The summed E-state index contributed by atoms with van der Waals surface area (Å²) in [5.41, 5.74) is 2.17. The molecule has 4 rings (SSSR count). The van der Waals surface area contributed by atoms with Crippen molar-refractivity contribution in [1.29, 1.82) is 0 Å². The van der Waals surface area contributed by atoms with Crippen molar-refractivity contribution in [2.45, 2.75) is 53.8 Å². The average molecular weight is 291 g/mol. The SMILES string of the molecule is [B]C1CC2C(c3ccc(O)cc31)C([B])CC1([B])C2CCC1([B])[B]. The number of benzene rings is 1. The minimum absolute atomic E-state index is 0.0957. The van der Waals surface area contributed by atoms with E-state index in [0.717, 1.165) is 30.4 Å². The van der Waals surface area contributed by atoms with Gasteiger partial charge in [0, 0.05) is 0 Å². The number of rotatable bonds is 0. The zero-order valence-electron chi connectivity index (χ0n) is 13.3. The van der Waals surface area contributed by atoms with Gasteiger partial charge in [-0.25, -0.2) is 0 Å². The van der Waals surface area contributed by atoms with Crippen LogP contribution >= 0.6 is 0 Å². The Morgan fingerprint density at radius 2 is 1.83 bits per heavy atom. The molecule has 106 valence electrons. The van der Waals surface area contributed by atoms with E-state index in [1.165, 1.54) is 0 Å². The lowest BCUT2D eigenvalue weighted by atomic mass is 9.30. The number of phenols is 1. The van der Waals surface area contributed by atoms with Gasteiger partial charge in [0.15, 0.2) is 0 Å². The molecule has 0 spiro atoms. The molecule has 0 aliphatic heterocycles. The highest BCUT2D eigenvalue weighted by Crippen LogP contribution is 2.73. The summed E-state index contributed by atoms with van der Waals surface area (Å²) in [5, 5.41) is 8.30. The number of aromatic hydroxyl groups is 1. The zero-order valence-corrected chi connectivity index (χ0v) is 13.3. The molecule has 0 amide bonds. The van der Waals surface area contributed by atoms with E-state index >= 15 is 0 Å². The zero-order chi connectivity index (χ0) is 16.6. The van der Waals surface area contributed by atoms with Crippen molar-refractivity contribution in [2.24, 2.45) is 11.8 Å². The standard InChI is InChI=1S/C17H17B5O/c18-13-6-11-12-3-4-17(21,22)16(12,20)7-14(19)15(11)9-2-1-8(23)5-10(9)13/h1-2,5,11-15,23H,3-4,6-7H2. The van der Waals surface area contributed by atoms with E-state index in [-0.39, 0.29) is 29.2 Å². The molecule has 2 saturated carbocycles. The van der Waals surface area contributed by atoms with Crippen LogP contribution in [0.4, 0.5) is 0 Å². The predicted molar refractivity (Wildman–Crippen MR) is 96.9 cm³/mol. The van der Waals surface area contributed by atoms with E-state index in [4.69, 9.17) is 39.2 Å². The maximum Gasteiger partial charge on any atom is 0.115 e. The maximum absolute atomic E-state index is 9.79. The van der Waals surface area contributed by atoms with Gasteiger partial charge in [-0.2, -0.15) is 0 Å². The second-order valence-corrected chi connectivity index (χ2v) is 7.94. The Hall–Kier alpha value is -0.655. The highest BCUT2D eigenvalue weighted by molar-refractivity contribution is 6.45. The summed E-state index contributed by atoms with van der Waals surface area (Å²) in [6.45, 7) is 0. The summed E-state index contributed by atoms with van der Waals surface area (Å²) in [7, 11) is 32.3. The first kappa shape index (κ1) is 15.8. The molecule has 2 fully saturated rings. The van der Waals surface area contributed by atoms with Crippen LogP contribution in [0.5, 0.6) is 5.75 Å². The van der Waals surface area contributed by atoms with Crippen molar-refractivity contribution in [3.8, 4) is 5.75 Å². The number of fused-ring (bicyclic) bond motifs is 5. The highest BCUT2D eigenvalue weighted by Gasteiger charge is 2.58. The molecule has 1 N–H and O–H groups in total. The molecular formula is C17H17B5O. The molecule has 0 saturated heterocycles. The van der Waals surface area contributed by atoms with Crippen molar-refractivity contribution < 1.29 is 5.11 Å². The highest BCUT2D eigenvalue weighted by atomic mass is 16.3. The molecular weight excluding hydrogens is 274 g/mol. The summed E-state index contributed by atoms with van der Waals surface area (Å²) < 4.78 is 0. The lowest BCUT2D eigenvalue weighted by molar-refractivity contribution is 0.143. The van der Waals surface area contributed by atoms with Gasteiger partial charge < -0.3 is 5.11 Å². The first-order valence-corrected chi connectivity index (χ1v) is 8.45. The van der Waals surface area contributed by atoms with Crippen LogP contribution < -0.4 is 0 Å². The van der Waals surface area contributed by atoms with Gasteiger partial charge in [0.2, 0.25) is 0 Å². The first-order chi connectivity index (χ1) is 10.7. The quantitative estimate of drug-likeness (QED) is 0.727. The maximum atomic E-state index is 9.79. The van der Waals surface area contributed by atoms with Gasteiger partial charge in [-0.3, -0.25) is 0 Å². The molecule has 0 aromatic heterocycles. The molecule has 6 heteroatoms. The van der Waals surface area contributed by atoms with E-state index in [1.807, 2.05) is 6.07 Å². The van der Waals surface area contributed by atoms with Gasteiger partial charge in [0.25, 0.3) is 0 Å². The minimum Gasteiger partial charge on any atom is -0.508 e. The number of hydrogen-bond donors (Lipinski definition) is 1. The molecule has 1 nitrogen and oxygen atoms in total. The topological polar surface area (TPSA) is 20.2 Å². The van der Waals surface area contributed by atoms with Gasteiger partial charge in [-0.15, -0.1) is 5.21 Å². The van der Waals surface area contributed by atoms with Crippen molar-refractivity contribution in [3.05, 3.63) is 29.3 Å². The Kier molecular flexibility index (Phi) is 3.40. The van der Waals surface area contributed by atoms with Crippen LogP contribution in [0.25, 0.3) is 0 Å². The predicted octanol–water partition coefficient (Wildman–Crippen LogP) is 2.26. The number of hydrogen-bond acceptors (Lipinski definition) is 1. The minimum atomic E-state index is -0.862. The molecule has 1 aromatic rings. The second kappa shape index (κ2) is 4.93. The Labute approximate surface area is 145 Å². The monoisotopic (exact) mass is 292 g/mol. The Balaban J connectivity index is 1.81. The largest absolute Gasteiger partial charge is 0.508 e. The number of phenolic OH excluding ortho intramolecular Hbond substituents is 1. The van der Waals surface area contributed by atoms with Crippen LogP contribution in [0.3, 0.4) is 0 Å². The van der Waals surface area contributed by atoms with E-state index in [0.29, 0.717) is 12.3 Å². The van der Waals surface area contributed by atoms with Crippen LogP contribution in [-0.2, 0) is 0 Å². The van der Waals surface area contributed by atoms with Crippen LogP contribution in [0.15, 0.2) is 18.2 Å². The van der Waals surface area contributed by atoms with Gasteiger partial charge in [-0.05, 0) is 41.0 Å². The molecule has 3 aliphatic rings. The smallest absolute Gasteiger partial charge is 0.115 e. The fourth-order valence-corrected chi connectivity index (χ4v) is 5.63. The van der Waals surface area contributed by atoms with E-state index < -0.39 is 10.5 Å². The summed E-state index contributed by atoms with van der Waals surface area (Å²) in [6.07, 6.45) is 3.09. The molecule has 10 radical (unpaired) electrons. The van der Waals surface area contributed by atoms with Gasteiger partial charge >= 0.3 is 0 Å². The van der Waals surface area contributed by atoms with Crippen LogP contribution in [0.1, 0.15) is 48.5 Å². The molecule has 23 heavy (non-hydrogen) atoms. The molecule has 0 bridgehead atoms. The van der Waals surface area contributed by atoms with E-state index in [9.17, 15) is 5.11 Å².